The van der Waals surface area contributed by atoms with Gasteiger partial charge >= 0.3 is 0 Å². The molecule has 0 radical (unpaired) electrons. The van der Waals surface area contributed by atoms with Gasteiger partial charge in [-0.1, -0.05) is 45.4 Å². The van der Waals surface area contributed by atoms with E-state index in [1.807, 2.05) is 7.05 Å². The van der Waals surface area contributed by atoms with Gasteiger partial charge in [0.15, 0.2) is 0 Å². The molecule has 0 amide bonds. The van der Waals surface area contributed by atoms with Crippen molar-refractivity contribution in [3.63, 3.8) is 0 Å². The highest BCUT2D eigenvalue weighted by molar-refractivity contribution is 4.82. The predicted octanol–water partition coefficient (Wildman–Crippen LogP) is 3.51. The Labute approximate surface area is 117 Å². The van der Waals surface area contributed by atoms with Crippen molar-refractivity contribution in [3.8, 4) is 0 Å². The van der Waals surface area contributed by atoms with Gasteiger partial charge in [-0.25, -0.2) is 0 Å². The minimum atomic E-state index is 0.785. The van der Waals surface area contributed by atoms with E-state index >= 15 is 0 Å². The summed E-state index contributed by atoms with van der Waals surface area (Å²) in [6.07, 6.45) is 12.1. The maximum atomic E-state index is 5.63. The smallest absolute Gasteiger partial charge is 0.216 e. The van der Waals surface area contributed by atoms with E-state index in [1.165, 1.54) is 44.9 Å². The molecule has 0 unspecified atom stereocenters. The molecule has 4 heteroatoms. The first-order valence-electron chi connectivity index (χ1n) is 7.82. The van der Waals surface area contributed by atoms with Crippen LogP contribution in [0.1, 0.15) is 70.1 Å². The van der Waals surface area contributed by atoms with Crippen LogP contribution in [0.5, 0.6) is 0 Å². The van der Waals surface area contributed by atoms with Crippen molar-refractivity contribution in [2.45, 2.75) is 71.1 Å². The Balaban J connectivity index is 2.03. The van der Waals surface area contributed by atoms with Crippen molar-refractivity contribution < 1.29 is 4.42 Å². The zero-order valence-corrected chi connectivity index (χ0v) is 12.6. The van der Waals surface area contributed by atoms with E-state index in [2.05, 4.69) is 22.4 Å². The standard InChI is InChI=1S/C15H29N3O/c1-3-4-5-6-7-8-9-11-14-17-18-15(19-14)12-10-13-16-2/h16H,3-13H2,1-2H3. The van der Waals surface area contributed by atoms with Gasteiger partial charge in [0, 0.05) is 12.8 Å². The van der Waals surface area contributed by atoms with Crippen LogP contribution in [0.25, 0.3) is 0 Å². The normalized spacial score (nSPS) is 11.1. The van der Waals surface area contributed by atoms with E-state index < -0.39 is 0 Å². The summed E-state index contributed by atoms with van der Waals surface area (Å²) in [6, 6.07) is 0. The molecule has 0 aliphatic heterocycles. The number of hydrogen-bond acceptors (Lipinski definition) is 4. The molecule has 1 aromatic rings. The first-order valence-corrected chi connectivity index (χ1v) is 7.82. The van der Waals surface area contributed by atoms with Gasteiger partial charge in [0.05, 0.1) is 0 Å². The fourth-order valence-corrected chi connectivity index (χ4v) is 2.14. The minimum absolute atomic E-state index is 0.785. The van der Waals surface area contributed by atoms with Gasteiger partial charge in [0.25, 0.3) is 0 Å². The lowest BCUT2D eigenvalue weighted by Crippen LogP contribution is -2.08. The number of hydrogen-bond donors (Lipinski definition) is 1. The summed E-state index contributed by atoms with van der Waals surface area (Å²) in [5.74, 6) is 1.60. The molecule has 0 fully saturated rings. The molecule has 0 aliphatic carbocycles. The van der Waals surface area contributed by atoms with Gasteiger partial charge in [-0.3, -0.25) is 0 Å². The number of rotatable bonds is 12. The lowest BCUT2D eigenvalue weighted by Gasteiger charge is -1.99. The zero-order chi connectivity index (χ0) is 13.8. The van der Waals surface area contributed by atoms with Crippen molar-refractivity contribution in [3.05, 3.63) is 11.8 Å². The maximum absolute atomic E-state index is 5.63. The number of aromatic nitrogens is 2. The van der Waals surface area contributed by atoms with E-state index in [0.717, 1.165) is 37.6 Å². The second-order valence-electron chi connectivity index (χ2n) is 5.17. The topological polar surface area (TPSA) is 51.0 Å². The fraction of sp³-hybridized carbons (Fsp3) is 0.867. The molecular weight excluding hydrogens is 238 g/mol. The lowest BCUT2D eigenvalue weighted by molar-refractivity contribution is 0.434. The highest BCUT2D eigenvalue weighted by Crippen LogP contribution is 2.10. The Morgan fingerprint density at radius 2 is 1.42 bits per heavy atom. The number of aryl methyl sites for hydroxylation is 2. The first-order chi connectivity index (χ1) is 9.36. The molecule has 4 nitrogen and oxygen atoms in total. The third-order valence-corrected chi connectivity index (χ3v) is 3.32. The van der Waals surface area contributed by atoms with Crippen LogP contribution in [0.3, 0.4) is 0 Å². The van der Waals surface area contributed by atoms with Crippen molar-refractivity contribution in [2.75, 3.05) is 13.6 Å². The van der Waals surface area contributed by atoms with E-state index in [9.17, 15) is 0 Å². The molecule has 0 spiro atoms. The lowest BCUT2D eigenvalue weighted by atomic mass is 10.1. The average molecular weight is 267 g/mol. The Morgan fingerprint density at radius 1 is 0.842 bits per heavy atom. The number of nitrogens with zero attached hydrogens (tertiary/aromatic N) is 2. The Morgan fingerprint density at radius 3 is 2.05 bits per heavy atom. The van der Waals surface area contributed by atoms with Gasteiger partial charge < -0.3 is 9.73 Å². The van der Waals surface area contributed by atoms with Gasteiger partial charge in [-0.15, -0.1) is 10.2 Å². The summed E-state index contributed by atoms with van der Waals surface area (Å²) in [7, 11) is 1.96. The van der Waals surface area contributed by atoms with Crippen molar-refractivity contribution >= 4 is 0 Å². The van der Waals surface area contributed by atoms with E-state index in [-0.39, 0.29) is 0 Å². The van der Waals surface area contributed by atoms with Crippen LogP contribution in [0.4, 0.5) is 0 Å². The van der Waals surface area contributed by atoms with Crippen LogP contribution in [0.15, 0.2) is 4.42 Å². The van der Waals surface area contributed by atoms with E-state index in [4.69, 9.17) is 4.42 Å². The molecule has 1 heterocycles. The van der Waals surface area contributed by atoms with Crippen LogP contribution in [-0.2, 0) is 12.8 Å². The predicted molar refractivity (Wildman–Crippen MR) is 78.2 cm³/mol. The Kier molecular flexibility index (Phi) is 9.33. The molecule has 0 saturated heterocycles. The maximum Gasteiger partial charge on any atom is 0.216 e. The second-order valence-corrected chi connectivity index (χ2v) is 5.17. The van der Waals surface area contributed by atoms with Crippen molar-refractivity contribution in [2.24, 2.45) is 0 Å². The summed E-state index contributed by atoms with van der Waals surface area (Å²) in [6.45, 7) is 3.25. The van der Waals surface area contributed by atoms with Gasteiger partial charge in [-0.05, 0) is 26.4 Å². The largest absolute Gasteiger partial charge is 0.425 e. The third-order valence-electron chi connectivity index (χ3n) is 3.32. The highest BCUT2D eigenvalue weighted by Gasteiger charge is 2.05. The van der Waals surface area contributed by atoms with Crippen molar-refractivity contribution in [1.29, 1.82) is 0 Å². The fourth-order valence-electron chi connectivity index (χ4n) is 2.14. The molecule has 19 heavy (non-hydrogen) atoms. The quantitative estimate of drug-likeness (QED) is 0.589. The summed E-state index contributed by atoms with van der Waals surface area (Å²) in [5.41, 5.74) is 0. The van der Waals surface area contributed by atoms with Crippen LogP contribution in [0.2, 0.25) is 0 Å². The molecule has 0 bridgehead atoms. The van der Waals surface area contributed by atoms with E-state index in [0.29, 0.717) is 0 Å². The van der Waals surface area contributed by atoms with Crippen LogP contribution in [-0.4, -0.2) is 23.8 Å². The van der Waals surface area contributed by atoms with Crippen molar-refractivity contribution in [1.82, 2.24) is 15.5 Å². The van der Waals surface area contributed by atoms with Crippen LogP contribution in [0, 0.1) is 0 Å². The molecular formula is C15H29N3O. The summed E-state index contributed by atoms with van der Waals surface area (Å²) < 4.78 is 5.63. The number of nitrogens with one attached hydrogen (secondary N) is 1. The highest BCUT2D eigenvalue weighted by atomic mass is 16.4. The SMILES string of the molecule is CCCCCCCCCc1nnc(CCCNC)o1. The molecule has 1 rings (SSSR count). The average Bonchev–Trinajstić information content (AvgIpc) is 2.86. The molecule has 1 aromatic heterocycles. The minimum Gasteiger partial charge on any atom is -0.425 e. The Hall–Kier alpha value is -0.900. The van der Waals surface area contributed by atoms with E-state index in [1.54, 1.807) is 0 Å². The molecule has 1 N–H and O–H groups in total. The molecule has 0 aliphatic rings. The molecule has 0 aromatic carbocycles. The second kappa shape index (κ2) is 11.0. The zero-order valence-electron chi connectivity index (χ0n) is 12.6. The molecule has 110 valence electrons. The summed E-state index contributed by atoms with van der Waals surface area (Å²) in [4.78, 5) is 0. The van der Waals surface area contributed by atoms with Gasteiger partial charge in [-0.2, -0.15) is 0 Å². The summed E-state index contributed by atoms with van der Waals surface area (Å²) >= 11 is 0. The van der Waals surface area contributed by atoms with Crippen LogP contribution < -0.4 is 5.32 Å². The monoisotopic (exact) mass is 267 g/mol. The molecule has 0 atom stereocenters. The number of unbranched alkanes of at least 4 members (excludes halogenated alkanes) is 6. The Bertz CT molecular complexity index is 312. The van der Waals surface area contributed by atoms with Gasteiger partial charge in [0.1, 0.15) is 0 Å². The van der Waals surface area contributed by atoms with Gasteiger partial charge in [0.2, 0.25) is 11.8 Å². The molecule has 0 saturated carbocycles. The summed E-state index contributed by atoms with van der Waals surface area (Å²) in [5, 5.41) is 11.3. The first kappa shape index (κ1) is 16.2. The third kappa shape index (κ3) is 7.98. The van der Waals surface area contributed by atoms with Crippen LogP contribution >= 0.6 is 0 Å².